The van der Waals surface area contributed by atoms with Gasteiger partial charge in [-0.1, -0.05) is 67.2 Å². The van der Waals surface area contributed by atoms with Crippen LogP contribution in [0.5, 0.6) is 0 Å². The normalized spacial score (nSPS) is 23.8. The van der Waals surface area contributed by atoms with Crippen LogP contribution in [0.4, 0.5) is 0 Å². The molecule has 8 heteroatoms. The first kappa shape index (κ1) is 28.2. The van der Waals surface area contributed by atoms with Crippen LogP contribution in [0.3, 0.4) is 0 Å². The number of hydrogen-bond acceptors (Lipinski definition) is 6. The van der Waals surface area contributed by atoms with Crippen molar-refractivity contribution >= 4 is 23.6 Å². The lowest BCUT2D eigenvalue weighted by molar-refractivity contribution is -0.179. The predicted octanol–water partition coefficient (Wildman–Crippen LogP) is 3.59. The minimum Gasteiger partial charge on any atom is -0.460 e. The molecule has 0 spiro atoms. The summed E-state index contributed by atoms with van der Waals surface area (Å²) in [5.41, 5.74) is 0.306. The Kier molecular flexibility index (Phi) is 8.97. The molecule has 2 aliphatic rings. The Balaban J connectivity index is 1.35. The molecule has 2 aromatic rings. The van der Waals surface area contributed by atoms with Crippen molar-refractivity contribution in [2.24, 2.45) is 11.3 Å². The second-order valence-electron chi connectivity index (χ2n) is 10.4. The van der Waals surface area contributed by atoms with Crippen molar-refractivity contribution in [3.8, 4) is 0 Å². The van der Waals surface area contributed by atoms with Gasteiger partial charge in [0.25, 0.3) is 0 Å². The summed E-state index contributed by atoms with van der Waals surface area (Å²) >= 11 is 0. The number of hydrogen-bond donors (Lipinski definition) is 1. The van der Waals surface area contributed by atoms with Crippen molar-refractivity contribution < 1.29 is 28.7 Å². The van der Waals surface area contributed by atoms with E-state index < -0.39 is 29.4 Å². The van der Waals surface area contributed by atoms with Gasteiger partial charge >= 0.3 is 5.97 Å². The van der Waals surface area contributed by atoms with E-state index in [9.17, 15) is 19.2 Å². The van der Waals surface area contributed by atoms with Crippen LogP contribution in [-0.2, 0) is 41.8 Å². The van der Waals surface area contributed by atoms with Gasteiger partial charge in [-0.2, -0.15) is 0 Å². The molecule has 0 aromatic heterocycles. The van der Waals surface area contributed by atoms with Gasteiger partial charge in [0, 0.05) is 31.1 Å². The molecular formula is C31H36N2O6. The largest absolute Gasteiger partial charge is 0.460 e. The van der Waals surface area contributed by atoms with Gasteiger partial charge in [0.2, 0.25) is 11.8 Å². The average molecular weight is 533 g/mol. The van der Waals surface area contributed by atoms with Crippen LogP contribution >= 0.6 is 0 Å². The van der Waals surface area contributed by atoms with Gasteiger partial charge in [-0.3, -0.25) is 19.2 Å². The molecule has 2 heterocycles. The summed E-state index contributed by atoms with van der Waals surface area (Å²) in [5, 5.41) is 2.98. The quantitative estimate of drug-likeness (QED) is 0.317. The first-order valence-corrected chi connectivity index (χ1v) is 13.4. The highest BCUT2D eigenvalue weighted by molar-refractivity contribution is 6.13. The zero-order valence-corrected chi connectivity index (χ0v) is 22.6. The van der Waals surface area contributed by atoms with Gasteiger partial charge in [0.1, 0.15) is 6.61 Å². The molecule has 0 bridgehead atoms. The Hall–Kier alpha value is -3.78. The van der Waals surface area contributed by atoms with Crippen molar-refractivity contribution in [2.45, 2.75) is 58.5 Å². The molecule has 4 rings (SSSR count). The van der Waals surface area contributed by atoms with Gasteiger partial charge in [-0.05, 0) is 37.8 Å². The molecule has 3 atom stereocenters. The summed E-state index contributed by atoms with van der Waals surface area (Å²) in [4.78, 5) is 54.2. The Morgan fingerprint density at radius 1 is 1.03 bits per heavy atom. The number of ether oxygens (including phenoxy) is 2. The van der Waals surface area contributed by atoms with E-state index in [2.05, 4.69) is 11.9 Å². The van der Waals surface area contributed by atoms with E-state index in [0.29, 0.717) is 32.5 Å². The zero-order chi connectivity index (χ0) is 28.0. The van der Waals surface area contributed by atoms with Crippen LogP contribution in [0.2, 0.25) is 0 Å². The fraction of sp³-hybridized carbons (Fsp3) is 0.419. The summed E-state index contributed by atoms with van der Waals surface area (Å²) in [7, 11) is 0. The Labute approximate surface area is 229 Å². The molecule has 0 unspecified atom stereocenters. The first-order chi connectivity index (χ1) is 18.7. The monoisotopic (exact) mass is 532 g/mol. The molecule has 2 saturated heterocycles. The number of benzene rings is 2. The van der Waals surface area contributed by atoms with E-state index in [-0.39, 0.29) is 36.3 Å². The van der Waals surface area contributed by atoms with Gasteiger partial charge in [-0.15, -0.1) is 0 Å². The number of carbonyl (C=O) groups excluding carboxylic acids is 4. The number of carbonyl (C=O) groups is 4. The lowest BCUT2D eigenvalue weighted by Gasteiger charge is -2.42. The number of piperidine rings is 1. The number of Topliss-reactive ketones (excluding diaryl/α,β-unsaturated/α-hetero) is 1. The van der Waals surface area contributed by atoms with Crippen molar-refractivity contribution in [1.82, 2.24) is 10.2 Å². The minimum absolute atomic E-state index is 0.00505. The molecule has 2 amide bonds. The van der Waals surface area contributed by atoms with E-state index in [1.165, 1.54) is 6.92 Å². The highest BCUT2D eigenvalue weighted by Crippen LogP contribution is 2.39. The van der Waals surface area contributed by atoms with E-state index in [4.69, 9.17) is 9.47 Å². The lowest BCUT2D eigenvalue weighted by Crippen LogP contribution is -2.56. The highest BCUT2D eigenvalue weighted by atomic mass is 16.5. The molecule has 1 N–H and O–H groups in total. The molecule has 0 radical (unpaired) electrons. The van der Waals surface area contributed by atoms with Crippen molar-refractivity contribution in [3.05, 3.63) is 83.9 Å². The molecule has 0 aliphatic carbocycles. The molecule has 0 saturated carbocycles. The number of nitrogens with one attached hydrogen (secondary N) is 1. The van der Waals surface area contributed by atoms with Crippen molar-refractivity contribution in [3.63, 3.8) is 0 Å². The van der Waals surface area contributed by atoms with E-state index in [0.717, 1.165) is 11.1 Å². The summed E-state index contributed by atoms with van der Waals surface area (Å²) in [6.07, 6.45) is -0.677. The number of amides is 2. The third-order valence-corrected chi connectivity index (χ3v) is 7.79. The zero-order valence-electron chi connectivity index (χ0n) is 22.6. The first-order valence-electron chi connectivity index (χ1n) is 13.4. The fourth-order valence-corrected chi connectivity index (χ4v) is 5.09. The SMILES string of the molecule is C=C1C(=O)[C@](C)(C(=O)OCc2ccccc2)[C@@H](CC(=O)N2CCC(C(=O)NCc3ccccc3)CC2)O[C@H]1C. The molecule has 2 aliphatic heterocycles. The lowest BCUT2D eigenvalue weighted by atomic mass is 9.72. The summed E-state index contributed by atoms with van der Waals surface area (Å²) < 4.78 is 11.5. The van der Waals surface area contributed by atoms with E-state index in [1.807, 2.05) is 60.7 Å². The topological polar surface area (TPSA) is 102 Å². The second kappa shape index (κ2) is 12.4. The maximum atomic E-state index is 13.3. The number of likely N-dealkylation sites (tertiary alicyclic amines) is 1. The van der Waals surface area contributed by atoms with Gasteiger partial charge in [0.05, 0.1) is 18.6 Å². The number of esters is 1. The predicted molar refractivity (Wildman–Crippen MR) is 145 cm³/mol. The molecule has 2 aromatic carbocycles. The van der Waals surface area contributed by atoms with Gasteiger partial charge in [0.15, 0.2) is 11.2 Å². The molecule has 8 nitrogen and oxygen atoms in total. The smallest absolute Gasteiger partial charge is 0.322 e. The second-order valence-corrected chi connectivity index (χ2v) is 10.4. The number of ketones is 1. The maximum Gasteiger partial charge on any atom is 0.322 e. The third kappa shape index (κ3) is 6.45. The fourth-order valence-electron chi connectivity index (χ4n) is 5.09. The number of rotatable bonds is 8. The van der Waals surface area contributed by atoms with Crippen molar-refractivity contribution in [1.29, 1.82) is 0 Å². The van der Waals surface area contributed by atoms with Crippen LogP contribution in [0.1, 0.15) is 44.2 Å². The van der Waals surface area contributed by atoms with Crippen LogP contribution in [0.15, 0.2) is 72.8 Å². The third-order valence-electron chi connectivity index (χ3n) is 7.79. The Morgan fingerprint density at radius 2 is 1.62 bits per heavy atom. The number of nitrogens with zero attached hydrogens (tertiary/aromatic N) is 1. The summed E-state index contributed by atoms with van der Waals surface area (Å²) in [5.74, 6) is -1.63. The molecule has 2 fully saturated rings. The van der Waals surface area contributed by atoms with Gasteiger partial charge < -0.3 is 19.7 Å². The van der Waals surface area contributed by atoms with Crippen LogP contribution < -0.4 is 5.32 Å². The van der Waals surface area contributed by atoms with Crippen molar-refractivity contribution in [2.75, 3.05) is 13.1 Å². The van der Waals surface area contributed by atoms with Gasteiger partial charge in [-0.25, -0.2) is 0 Å². The Morgan fingerprint density at radius 3 is 2.23 bits per heavy atom. The molecular weight excluding hydrogens is 496 g/mol. The Bertz CT molecular complexity index is 1210. The highest BCUT2D eigenvalue weighted by Gasteiger charge is 2.56. The summed E-state index contributed by atoms with van der Waals surface area (Å²) in [6.45, 7) is 8.28. The van der Waals surface area contributed by atoms with Crippen LogP contribution in [0.25, 0.3) is 0 Å². The maximum absolute atomic E-state index is 13.3. The molecule has 39 heavy (non-hydrogen) atoms. The van der Waals surface area contributed by atoms with Crippen LogP contribution in [0, 0.1) is 11.3 Å². The minimum atomic E-state index is -1.69. The van der Waals surface area contributed by atoms with E-state index >= 15 is 0 Å². The van der Waals surface area contributed by atoms with E-state index in [1.54, 1.807) is 11.8 Å². The summed E-state index contributed by atoms with van der Waals surface area (Å²) in [6, 6.07) is 18.9. The van der Waals surface area contributed by atoms with Crippen LogP contribution in [-0.4, -0.2) is 53.8 Å². The molecule has 206 valence electrons. The standard InChI is InChI=1S/C31H36N2O6/c1-21-22(2)39-26(31(3,28(21)35)30(37)38-20-24-12-8-5-9-13-24)18-27(34)33-16-14-25(15-17-33)29(36)32-19-23-10-6-4-7-11-23/h4-13,22,25-26H,1,14-20H2,2-3H3,(H,32,36)/t22-,26+,31+/m0/s1. The average Bonchev–Trinajstić information content (AvgIpc) is 2.97.